The lowest BCUT2D eigenvalue weighted by Gasteiger charge is -2.38. The smallest absolute Gasteiger partial charge is 0.241 e. The number of carbonyl (C=O) groups is 2. The fourth-order valence-electron chi connectivity index (χ4n) is 2.68. The number of carbonyl (C=O) groups excluding carboxylic acids is 2. The first-order valence-electron chi connectivity index (χ1n) is 7.93. The van der Waals surface area contributed by atoms with Crippen molar-refractivity contribution >= 4 is 24.2 Å². The molecular weight excluding hydrogens is 302 g/mol. The molecule has 130 valence electrons. The predicted molar refractivity (Wildman–Crippen MR) is 91.9 cm³/mol. The monoisotopic (exact) mass is 333 g/mol. The van der Waals surface area contributed by atoms with Crippen molar-refractivity contribution < 1.29 is 9.59 Å². The van der Waals surface area contributed by atoms with E-state index in [9.17, 15) is 9.59 Å². The second kappa shape index (κ2) is 8.73. The summed E-state index contributed by atoms with van der Waals surface area (Å²) in [5, 5.41) is 2.64. The van der Waals surface area contributed by atoms with Gasteiger partial charge in [0, 0.05) is 13.1 Å². The normalized spacial score (nSPS) is 19.2. The summed E-state index contributed by atoms with van der Waals surface area (Å²) in [5.74, 6) is -0.223. The first-order valence-corrected chi connectivity index (χ1v) is 7.93. The Morgan fingerprint density at radius 2 is 1.77 bits per heavy atom. The predicted octanol–water partition coefficient (Wildman–Crippen LogP) is 1.93. The van der Waals surface area contributed by atoms with Crippen LogP contribution in [-0.4, -0.2) is 42.4 Å². The number of amides is 2. The number of rotatable bonds is 5. The lowest BCUT2D eigenvalue weighted by Crippen LogP contribution is -2.49. The van der Waals surface area contributed by atoms with Gasteiger partial charge in [-0.25, -0.2) is 0 Å². The molecule has 0 aliphatic heterocycles. The van der Waals surface area contributed by atoms with Gasteiger partial charge in [-0.1, -0.05) is 27.7 Å². The molecule has 3 N–H and O–H groups in total. The lowest BCUT2D eigenvalue weighted by atomic mass is 9.75. The SMILES string of the molecule is CC(C)[C@H](N)C(=O)NCC(=O)N(C)C1CCC(C)(C)CC1.Cl. The minimum atomic E-state index is -0.557. The highest BCUT2D eigenvalue weighted by Gasteiger charge is 2.30. The largest absolute Gasteiger partial charge is 0.346 e. The maximum atomic E-state index is 12.2. The minimum Gasteiger partial charge on any atom is -0.346 e. The number of hydrogen-bond acceptors (Lipinski definition) is 3. The van der Waals surface area contributed by atoms with E-state index in [0.29, 0.717) is 11.5 Å². The summed E-state index contributed by atoms with van der Waals surface area (Å²) in [6.45, 7) is 8.37. The van der Waals surface area contributed by atoms with Crippen molar-refractivity contribution in [2.45, 2.75) is 65.5 Å². The van der Waals surface area contributed by atoms with Crippen molar-refractivity contribution in [3.05, 3.63) is 0 Å². The molecule has 0 saturated heterocycles. The standard InChI is InChI=1S/C16H31N3O2.ClH/c1-11(2)14(17)15(21)18-10-13(20)19(5)12-6-8-16(3,4)9-7-12;/h11-12,14H,6-10,17H2,1-5H3,(H,18,21);1H/t14-;/m0./s1. The molecule has 1 rings (SSSR count). The van der Waals surface area contributed by atoms with Crippen LogP contribution >= 0.6 is 12.4 Å². The summed E-state index contributed by atoms with van der Waals surface area (Å²) in [6, 6.07) is -0.264. The van der Waals surface area contributed by atoms with E-state index in [0.717, 1.165) is 25.7 Å². The molecule has 0 aromatic rings. The molecule has 0 bridgehead atoms. The van der Waals surface area contributed by atoms with Gasteiger partial charge in [0.15, 0.2) is 0 Å². The molecule has 0 radical (unpaired) electrons. The van der Waals surface area contributed by atoms with E-state index in [-0.39, 0.29) is 36.7 Å². The maximum Gasteiger partial charge on any atom is 0.241 e. The van der Waals surface area contributed by atoms with Gasteiger partial charge in [0.05, 0.1) is 12.6 Å². The number of likely N-dealkylation sites (N-methyl/N-ethyl adjacent to an activating group) is 1. The third kappa shape index (κ3) is 6.13. The van der Waals surface area contributed by atoms with Crippen LogP contribution in [0.15, 0.2) is 0 Å². The Bertz CT molecular complexity index is 376. The first-order chi connectivity index (χ1) is 9.64. The van der Waals surface area contributed by atoms with E-state index >= 15 is 0 Å². The Kier molecular flexibility index (Phi) is 8.40. The third-order valence-electron chi connectivity index (χ3n) is 4.68. The van der Waals surface area contributed by atoms with Crippen LogP contribution in [0.4, 0.5) is 0 Å². The number of hydrogen-bond donors (Lipinski definition) is 2. The number of halogens is 1. The molecule has 22 heavy (non-hydrogen) atoms. The van der Waals surface area contributed by atoms with Crippen molar-refractivity contribution in [1.29, 1.82) is 0 Å². The van der Waals surface area contributed by atoms with Crippen LogP contribution in [0.2, 0.25) is 0 Å². The summed E-state index contributed by atoms with van der Waals surface area (Å²) in [7, 11) is 1.83. The highest BCUT2D eigenvalue weighted by atomic mass is 35.5. The molecule has 1 fully saturated rings. The molecule has 0 spiro atoms. The molecule has 0 aromatic heterocycles. The van der Waals surface area contributed by atoms with Crippen LogP contribution in [0.5, 0.6) is 0 Å². The van der Waals surface area contributed by atoms with E-state index in [1.165, 1.54) is 0 Å². The Hall–Kier alpha value is -0.810. The Labute approximate surface area is 140 Å². The molecule has 1 aliphatic carbocycles. The van der Waals surface area contributed by atoms with Gasteiger partial charge in [-0.05, 0) is 37.0 Å². The van der Waals surface area contributed by atoms with Gasteiger partial charge >= 0.3 is 0 Å². The van der Waals surface area contributed by atoms with E-state index in [1.54, 1.807) is 4.90 Å². The number of nitrogens with one attached hydrogen (secondary N) is 1. The fraction of sp³-hybridized carbons (Fsp3) is 0.875. The Balaban J connectivity index is 0.00000441. The van der Waals surface area contributed by atoms with Crippen LogP contribution < -0.4 is 11.1 Å². The number of nitrogens with two attached hydrogens (primary N) is 1. The third-order valence-corrected chi connectivity index (χ3v) is 4.68. The van der Waals surface area contributed by atoms with Crippen molar-refractivity contribution in [1.82, 2.24) is 10.2 Å². The zero-order valence-electron chi connectivity index (χ0n) is 14.5. The molecule has 0 aromatic carbocycles. The zero-order valence-corrected chi connectivity index (χ0v) is 15.3. The van der Waals surface area contributed by atoms with Gasteiger partial charge in [0.2, 0.25) is 11.8 Å². The molecule has 0 unspecified atom stereocenters. The van der Waals surface area contributed by atoms with Gasteiger partial charge < -0.3 is 16.0 Å². The van der Waals surface area contributed by atoms with Gasteiger partial charge in [-0.15, -0.1) is 12.4 Å². The van der Waals surface area contributed by atoms with E-state index in [1.807, 2.05) is 20.9 Å². The average molecular weight is 334 g/mol. The summed E-state index contributed by atoms with van der Waals surface area (Å²) < 4.78 is 0. The van der Waals surface area contributed by atoms with Crippen LogP contribution in [0.1, 0.15) is 53.4 Å². The van der Waals surface area contributed by atoms with Crippen LogP contribution in [0.25, 0.3) is 0 Å². The van der Waals surface area contributed by atoms with E-state index in [4.69, 9.17) is 5.73 Å². The van der Waals surface area contributed by atoms with E-state index < -0.39 is 6.04 Å². The average Bonchev–Trinajstić information content (AvgIpc) is 2.42. The van der Waals surface area contributed by atoms with Gasteiger partial charge in [-0.2, -0.15) is 0 Å². The summed E-state index contributed by atoms with van der Waals surface area (Å²) in [4.78, 5) is 25.7. The molecule has 5 nitrogen and oxygen atoms in total. The molecule has 1 atom stereocenters. The molecule has 1 aliphatic rings. The second-order valence-electron chi connectivity index (χ2n) is 7.39. The molecule has 2 amide bonds. The first kappa shape index (κ1) is 21.2. The Morgan fingerprint density at radius 3 is 2.23 bits per heavy atom. The molecular formula is C16H32ClN3O2. The molecule has 1 saturated carbocycles. The van der Waals surface area contributed by atoms with Gasteiger partial charge in [0.25, 0.3) is 0 Å². The fourth-order valence-corrected chi connectivity index (χ4v) is 2.68. The minimum absolute atomic E-state index is 0. The Morgan fingerprint density at radius 1 is 1.27 bits per heavy atom. The summed E-state index contributed by atoms with van der Waals surface area (Å²) in [5.41, 5.74) is 6.15. The van der Waals surface area contributed by atoms with Crippen LogP contribution in [0.3, 0.4) is 0 Å². The topological polar surface area (TPSA) is 75.4 Å². The van der Waals surface area contributed by atoms with E-state index in [2.05, 4.69) is 19.2 Å². The highest BCUT2D eigenvalue weighted by molar-refractivity contribution is 5.87. The molecule has 0 heterocycles. The molecule has 6 heteroatoms. The van der Waals surface area contributed by atoms with Crippen molar-refractivity contribution in [3.8, 4) is 0 Å². The summed E-state index contributed by atoms with van der Waals surface area (Å²) >= 11 is 0. The van der Waals surface area contributed by atoms with Gasteiger partial charge in [0.1, 0.15) is 0 Å². The van der Waals surface area contributed by atoms with Crippen LogP contribution in [0, 0.1) is 11.3 Å². The second-order valence-corrected chi connectivity index (χ2v) is 7.39. The zero-order chi connectivity index (χ0) is 16.2. The van der Waals surface area contributed by atoms with Crippen molar-refractivity contribution in [3.63, 3.8) is 0 Å². The lowest BCUT2D eigenvalue weighted by molar-refractivity contribution is -0.134. The number of nitrogens with zero attached hydrogens (tertiary/aromatic N) is 1. The highest BCUT2D eigenvalue weighted by Crippen LogP contribution is 2.36. The summed E-state index contributed by atoms with van der Waals surface area (Å²) in [6.07, 6.45) is 4.35. The van der Waals surface area contributed by atoms with Gasteiger partial charge in [-0.3, -0.25) is 9.59 Å². The maximum absolute atomic E-state index is 12.2. The van der Waals surface area contributed by atoms with Crippen LogP contribution in [-0.2, 0) is 9.59 Å². The van der Waals surface area contributed by atoms with Crippen molar-refractivity contribution in [2.75, 3.05) is 13.6 Å². The quantitative estimate of drug-likeness (QED) is 0.807. The van der Waals surface area contributed by atoms with Crippen molar-refractivity contribution in [2.24, 2.45) is 17.1 Å².